The molecule has 1 saturated carbocycles. The van der Waals surface area contributed by atoms with Crippen LogP contribution in [0.5, 0.6) is 0 Å². The van der Waals surface area contributed by atoms with E-state index in [-0.39, 0.29) is 12.3 Å². The molecule has 0 aromatic heterocycles. The molecule has 0 atom stereocenters. The lowest BCUT2D eigenvalue weighted by atomic mass is 9.82. The van der Waals surface area contributed by atoms with Gasteiger partial charge in [-0.1, -0.05) is 12.8 Å². The number of aryl methyl sites for hydroxylation is 1. The van der Waals surface area contributed by atoms with Crippen LogP contribution in [0.4, 0.5) is 5.69 Å². The van der Waals surface area contributed by atoms with Gasteiger partial charge >= 0.3 is 5.97 Å². The van der Waals surface area contributed by atoms with Crippen LogP contribution in [0.15, 0.2) is 21.1 Å². The lowest BCUT2D eigenvalue weighted by Crippen LogP contribution is -2.32. The Labute approximate surface area is 140 Å². The number of aliphatic carboxylic acids is 1. The topological polar surface area (TPSA) is 66.4 Å². The van der Waals surface area contributed by atoms with Crippen LogP contribution < -0.4 is 5.32 Å². The average molecular weight is 419 g/mol. The number of hydrogen-bond acceptors (Lipinski definition) is 2. The Morgan fingerprint density at radius 3 is 2.24 bits per heavy atom. The molecule has 2 N–H and O–H groups in total. The number of hydrogen-bond donors (Lipinski definition) is 2. The number of benzene rings is 1. The fourth-order valence-corrected chi connectivity index (χ4v) is 4.44. The fourth-order valence-electron chi connectivity index (χ4n) is 2.83. The SMILES string of the molecule is Cc1cc(Br)c(NC(=O)CC2(C(=O)O)CCCC2)c(Br)c1. The molecule has 114 valence electrons. The number of carboxylic acids is 1. The van der Waals surface area contributed by atoms with Crippen molar-refractivity contribution in [2.24, 2.45) is 5.41 Å². The van der Waals surface area contributed by atoms with Crippen LogP contribution in [0.2, 0.25) is 0 Å². The van der Waals surface area contributed by atoms with Crippen molar-refractivity contribution in [1.82, 2.24) is 0 Å². The van der Waals surface area contributed by atoms with Crippen LogP contribution >= 0.6 is 31.9 Å². The molecular formula is C15H17Br2NO3. The second kappa shape index (κ2) is 6.48. The number of anilines is 1. The quantitative estimate of drug-likeness (QED) is 0.756. The minimum absolute atomic E-state index is 0.0229. The zero-order valence-electron chi connectivity index (χ0n) is 11.7. The van der Waals surface area contributed by atoms with E-state index < -0.39 is 11.4 Å². The average Bonchev–Trinajstić information content (AvgIpc) is 2.83. The maximum Gasteiger partial charge on any atom is 0.310 e. The number of rotatable bonds is 4. The van der Waals surface area contributed by atoms with Gasteiger partial charge in [0.25, 0.3) is 0 Å². The first kappa shape index (κ1) is 16.5. The predicted octanol–water partition coefficient (Wildman–Crippen LogP) is 4.49. The highest BCUT2D eigenvalue weighted by atomic mass is 79.9. The summed E-state index contributed by atoms with van der Waals surface area (Å²) >= 11 is 6.84. The van der Waals surface area contributed by atoms with Gasteiger partial charge in [0.05, 0.1) is 11.1 Å². The van der Waals surface area contributed by atoms with Crippen molar-refractivity contribution in [2.45, 2.75) is 39.0 Å². The Morgan fingerprint density at radius 2 is 1.76 bits per heavy atom. The number of carbonyl (C=O) groups excluding carboxylic acids is 1. The minimum atomic E-state index is -0.895. The van der Waals surface area contributed by atoms with Crippen LogP contribution in [-0.4, -0.2) is 17.0 Å². The molecule has 1 aromatic rings. The second-order valence-corrected chi connectivity index (χ2v) is 7.33. The van der Waals surface area contributed by atoms with Crippen molar-refractivity contribution >= 4 is 49.4 Å². The van der Waals surface area contributed by atoms with E-state index in [4.69, 9.17) is 0 Å². The molecule has 0 bridgehead atoms. The minimum Gasteiger partial charge on any atom is -0.481 e. The summed E-state index contributed by atoms with van der Waals surface area (Å²) in [5.74, 6) is -1.12. The molecule has 0 spiro atoms. The van der Waals surface area contributed by atoms with Gasteiger partial charge in [-0.3, -0.25) is 9.59 Å². The summed E-state index contributed by atoms with van der Waals surface area (Å²) < 4.78 is 1.55. The molecule has 0 aliphatic heterocycles. The summed E-state index contributed by atoms with van der Waals surface area (Å²) in [5, 5.41) is 12.2. The molecule has 1 aromatic carbocycles. The molecule has 2 rings (SSSR count). The zero-order valence-corrected chi connectivity index (χ0v) is 14.9. The summed E-state index contributed by atoms with van der Waals surface area (Å²) in [7, 11) is 0. The van der Waals surface area contributed by atoms with Gasteiger partial charge in [-0.2, -0.15) is 0 Å². The van der Waals surface area contributed by atoms with Gasteiger partial charge in [-0.25, -0.2) is 0 Å². The lowest BCUT2D eigenvalue weighted by molar-refractivity contribution is -0.150. The Bertz CT molecular complexity index is 557. The van der Waals surface area contributed by atoms with Crippen LogP contribution in [0.25, 0.3) is 0 Å². The normalized spacial score (nSPS) is 16.7. The highest BCUT2D eigenvalue weighted by Crippen LogP contribution is 2.42. The van der Waals surface area contributed by atoms with Gasteiger partial charge in [0, 0.05) is 15.4 Å². The second-order valence-electron chi connectivity index (χ2n) is 5.62. The first-order valence-electron chi connectivity index (χ1n) is 6.83. The monoisotopic (exact) mass is 417 g/mol. The largest absolute Gasteiger partial charge is 0.481 e. The van der Waals surface area contributed by atoms with E-state index in [0.717, 1.165) is 27.4 Å². The molecule has 1 fully saturated rings. The summed E-state index contributed by atoms with van der Waals surface area (Å²) in [5.41, 5.74) is 0.807. The Kier molecular flexibility index (Phi) is 5.09. The molecule has 0 unspecified atom stereocenters. The van der Waals surface area contributed by atoms with E-state index in [1.54, 1.807) is 0 Å². The van der Waals surface area contributed by atoms with Crippen LogP contribution in [0.1, 0.15) is 37.7 Å². The highest BCUT2D eigenvalue weighted by molar-refractivity contribution is 9.11. The fraction of sp³-hybridized carbons (Fsp3) is 0.467. The lowest BCUT2D eigenvalue weighted by Gasteiger charge is -2.23. The van der Waals surface area contributed by atoms with E-state index >= 15 is 0 Å². The van der Waals surface area contributed by atoms with Crippen molar-refractivity contribution in [3.63, 3.8) is 0 Å². The van der Waals surface area contributed by atoms with E-state index in [9.17, 15) is 14.7 Å². The van der Waals surface area contributed by atoms with E-state index in [2.05, 4.69) is 37.2 Å². The number of carboxylic acid groups (broad SMARTS) is 1. The third-order valence-corrected chi connectivity index (χ3v) is 5.21. The van der Waals surface area contributed by atoms with Crippen molar-refractivity contribution in [1.29, 1.82) is 0 Å². The molecule has 1 aliphatic rings. The van der Waals surface area contributed by atoms with Crippen LogP contribution in [-0.2, 0) is 9.59 Å². The molecule has 0 radical (unpaired) electrons. The number of carbonyl (C=O) groups is 2. The molecule has 4 nitrogen and oxygen atoms in total. The smallest absolute Gasteiger partial charge is 0.310 e. The van der Waals surface area contributed by atoms with Crippen molar-refractivity contribution in [3.8, 4) is 0 Å². The Morgan fingerprint density at radius 1 is 1.24 bits per heavy atom. The number of halogens is 2. The number of nitrogens with one attached hydrogen (secondary N) is 1. The first-order chi connectivity index (χ1) is 9.84. The molecular weight excluding hydrogens is 402 g/mol. The van der Waals surface area contributed by atoms with Gasteiger partial charge in [0.15, 0.2) is 0 Å². The van der Waals surface area contributed by atoms with Crippen molar-refractivity contribution in [3.05, 3.63) is 26.6 Å². The molecule has 6 heteroatoms. The van der Waals surface area contributed by atoms with Gasteiger partial charge in [-0.15, -0.1) is 0 Å². The zero-order chi connectivity index (χ0) is 15.6. The molecule has 1 amide bonds. The molecule has 21 heavy (non-hydrogen) atoms. The van der Waals surface area contributed by atoms with Gasteiger partial charge in [-0.05, 0) is 69.3 Å². The number of amides is 1. The first-order valence-corrected chi connectivity index (χ1v) is 8.41. The summed E-state index contributed by atoms with van der Waals surface area (Å²) in [6.45, 7) is 1.96. The van der Waals surface area contributed by atoms with E-state index in [1.165, 1.54) is 0 Å². The highest BCUT2D eigenvalue weighted by Gasteiger charge is 2.43. The summed E-state index contributed by atoms with van der Waals surface area (Å²) in [4.78, 5) is 23.7. The van der Waals surface area contributed by atoms with Crippen LogP contribution in [0.3, 0.4) is 0 Å². The third-order valence-electron chi connectivity index (χ3n) is 3.96. The van der Waals surface area contributed by atoms with Gasteiger partial charge in [0.1, 0.15) is 0 Å². The van der Waals surface area contributed by atoms with Crippen LogP contribution in [0, 0.1) is 12.3 Å². The maximum atomic E-state index is 12.3. The Balaban J connectivity index is 2.14. The molecule has 1 aliphatic carbocycles. The van der Waals surface area contributed by atoms with E-state index in [1.807, 2.05) is 19.1 Å². The standard InChI is InChI=1S/C15H17Br2NO3/c1-9-6-10(16)13(11(17)7-9)18-12(19)8-15(14(20)21)4-2-3-5-15/h6-7H,2-5,8H2,1H3,(H,18,19)(H,20,21). The van der Waals surface area contributed by atoms with Gasteiger partial charge < -0.3 is 10.4 Å². The molecule has 0 saturated heterocycles. The van der Waals surface area contributed by atoms with Gasteiger partial charge in [0.2, 0.25) is 5.91 Å². The Hall–Kier alpha value is -0.880. The maximum absolute atomic E-state index is 12.3. The predicted molar refractivity (Wildman–Crippen MR) is 88.4 cm³/mol. The summed E-state index contributed by atoms with van der Waals surface area (Å²) in [6, 6.07) is 3.81. The summed E-state index contributed by atoms with van der Waals surface area (Å²) in [6.07, 6.45) is 2.92. The van der Waals surface area contributed by atoms with Crippen molar-refractivity contribution < 1.29 is 14.7 Å². The van der Waals surface area contributed by atoms with E-state index in [0.29, 0.717) is 18.5 Å². The molecule has 0 heterocycles. The van der Waals surface area contributed by atoms with Crippen molar-refractivity contribution in [2.75, 3.05) is 5.32 Å². The third kappa shape index (κ3) is 3.66.